The molecule has 3 rings (SSSR count). The lowest BCUT2D eigenvalue weighted by Crippen LogP contribution is -2.45. The van der Waals surface area contributed by atoms with E-state index in [1.165, 1.54) is 24.8 Å². The molecule has 1 heterocycles. The van der Waals surface area contributed by atoms with Gasteiger partial charge in [0.15, 0.2) is 0 Å². The van der Waals surface area contributed by atoms with Crippen LogP contribution < -0.4 is 4.74 Å². The molecule has 0 spiro atoms. The number of ether oxygens (including phenoxy) is 1. The molecule has 1 heteroatoms. The lowest BCUT2D eigenvalue weighted by molar-refractivity contribution is -0.00765. The Bertz CT molecular complexity index is 423. The predicted octanol–water partition coefficient (Wildman–Crippen LogP) is 4.38. The van der Waals surface area contributed by atoms with Gasteiger partial charge in [-0.15, -0.1) is 0 Å². The normalized spacial score (nSPS) is 35.3. The zero-order valence-corrected chi connectivity index (χ0v) is 11.1. The minimum absolute atomic E-state index is 0.0877. The van der Waals surface area contributed by atoms with Gasteiger partial charge in [0.2, 0.25) is 0 Å². The quantitative estimate of drug-likeness (QED) is 0.695. The van der Waals surface area contributed by atoms with Crippen LogP contribution in [-0.4, -0.2) is 5.60 Å². The first-order chi connectivity index (χ1) is 8.09. The standard InChI is InChI=1S/C16H22O/c1-11(2)12-8-9-16(3)10-14(12)13-6-4-5-7-15(13)17-16/h4-7,11-12,14H,8-10H2,1-3H3/t12-,14-,16-/m0/s1. The highest BCUT2D eigenvalue weighted by Gasteiger charge is 2.45. The molecule has 1 saturated carbocycles. The number of fused-ring (bicyclic) bond motifs is 4. The van der Waals surface area contributed by atoms with Crippen LogP contribution in [0, 0.1) is 11.8 Å². The van der Waals surface area contributed by atoms with Crippen molar-refractivity contribution >= 4 is 0 Å². The molecule has 0 N–H and O–H groups in total. The fourth-order valence-electron chi connectivity index (χ4n) is 3.77. The zero-order valence-electron chi connectivity index (χ0n) is 11.1. The Morgan fingerprint density at radius 2 is 2.06 bits per heavy atom. The molecule has 3 atom stereocenters. The highest BCUT2D eigenvalue weighted by molar-refractivity contribution is 5.40. The van der Waals surface area contributed by atoms with Gasteiger partial charge in [-0.05, 0) is 55.6 Å². The van der Waals surface area contributed by atoms with Crippen molar-refractivity contribution in [3.05, 3.63) is 29.8 Å². The molecule has 0 amide bonds. The van der Waals surface area contributed by atoms with Crippen LogP contribution in [0.1, 0.15) is 51.5 Å². The minimum atomic E-state index is 0.0877. The lowest BCUT2D eigenvalue weighted by atomic mass is 9.64. The van der Waals surface area contributed by atoms with Gasteiger partial charge in [0.25, 0.3) is 0 Å². The van der Waals surface area contributed by atoms with Gasteiger partial charge in [0.05, 0.1) is 0 Å². The van der Waals surface area contributed by atoms with E-state index in [9.17, 15) is 0 Å². The van der Waals surface area contributed by atoms with Crippen LogP contribution in [0.3, 0.4) is 0 Å². The first kappa shape index (κ1) is 11.1. The largest absolute Gasteiger partial charge is 0.487 e. The van der Waals surface area contributed by atoms with Gasteiger partial charge in [0.1, 0.15) is 11.4 Å². The summed E-state index contributed by atoms with van der Waals surface area (Å²) >= 11 is 0. The van der Waals surface area contributed by atoms with Gasteiger partial charge in [-0.25, -0.2) is 0 Å². The van der Waals surface area contributed by atoms with Crippen molar-refractivity contribution in [2.24, 2.45) is 11.8 Å². The van der Waals surface area contributed by atoms with Crippen LogP contribution in [0.25, 0.3) is 0 Å². The number of hydrogen-bond acceptors (Lipinski definition) is 1. The van der Waals surface area contributed by atoms with Gasteiger partial charge in [0, 0.05) is 0 Å². The van der Waals surface area contributed by atoms with E-state index in [1.54, 1.807) is 0 Å². The van der Waals surface area contributed by atoms with Crippen molar-refractivity contribution in [3.63, 3.8) is 0 Å². The van der Waals surface area contributed by atoms with Crippen molar-refractivity contribution in [1.29, 1.82) is 0 Å². The Kier molecular flexibility index (Phi) is 2.46. The first-order valence-electron chi connectivity index (χ1n) is 6.87. The molecule has 0 saturated heterocycles. The Hall–Kier alpha value is -0.980. The molecule has 1 fully saturated rings. The summed E-state index contributed by atoms with van der Waals surface area (Å²) in [6.07, 6.45) is 3.72. The van der Waals surface area contributed by atoms with Gasteiger partial charge in [-0.2, -0.15) is 0 Å². The molecule has 1 aliphatic heterocycles. The molecular weight excluding hydrogens is 208 g/mol. The summed E-state index contributed by atoms with van der Waals surface area (Å²) in [7, 11) is 0. The van der Waals surface area contributed by atoms with E-state index in [2.05, 4.69) is 45.0 Å². The van der Waals surface area contributed by atoms with Crippen LogP contribution in [0.4, 0.5) is 0 Å². The predicted molar refractivity (Wildman–Crippen MR) is 70.4 cm³/mol. The first-order valence-corrected chi connectivity index (χ1v) is 6.87. The SMILES string of the molecule is CC(C)[C@@H]1CC[C@@]2(C)C[C@@H]1c1ccccc1O2. The van der Waals surface area contributed by atoms with Crippen LogP contribution in [0.5, 0.6) is 5.75 Å². The van der Waals surface area contributed by atoms with Crippen molar-refractivity contribution in [1.82, 2.24) is 0 Å². The van der Waals surface area contributed by atoms with Crippen molar-refractivity contribution in [3.8, 4) is 5.75 Å². The van der Waals surface area contributed by atoms with Crippen molar-refractivity contribution in [2.45, 2.75) is 51.6 Å². The van der Waals surface area contributed by atoms with Crippen LogP contribution in [-0.2, 0) is 0 Å². The number of benzene rings is 1. The molecule has 1 aromatic carbocycles. The number of hydrogen-bond donors (Lipinski definition) is 0. The summed E-state index contributed by atoms with van der Waals surface area (Å²) in [6.45, 7) is 7.02. The number of rotatable bonds is 1. The van der Waals surface area contributed by atoms with Gasteiger partial charge >= 0.3 is 0 Å². The summed E-state index contributed by atoms with van der Waals surface area (Å²) in [4.78, 5) is 0. The second-order valence-corrected chi connectivity index (χ2v) is 6.35. The molecule has 17 heavy (non-hydrogen) atoms. The maximum absolute atomic E-state index is 6.22. The molecule has 0 radical (unpaired) electrons. The Morgan fingerprint density at radius 1 is 1.29 bits per heavy atom. The van der Waals surface area contributed by atoms with E-state index in [4.69, 9.17) is 4.74 Å². The van der Waals surface area contributed by atoms with E-state index in [0.29, 0.717) is 5.92 Å². The van der Waals surface area contributed by atoms with Crippen molar-refractivity contribution in [2.75, 3.05) is 0 Å². The Balaban J connectivity index is 2.05. The number of para-hydroxylation sites is 1. The van der Waals surface area contributed by atoms with Crippen molar-refractivity contribution < 1.29 is 4.74 Å². The van der Waals surface area contributed by atoms with Gasteiger partial charge in [-0.1, -0.05) is 32.0 Å². The molecule has 0 aromatic heterocycles. The summed E-state index contributed by atoms with van der Waals surface area (Å²) in [5.74, 6) is 3.44. The van der Waals surface area contributed by atoms with E-state index in [-0.39, 0.29) is 5.60 Å². The lowest BCUT2D eigenvalue weighted by Gasteiger charge is -2.48. The monoisotopic (exact) mass is 230 g/mol. The third-order valence-corrected chi connectivity index (χ3v) is 4.71. The molecule has 92 valence electrons. The van der Waals surface area contributed by atoms with Crippen LogP contribution in [0.2, 0.25) is 0 Å². The maximum Gasteiger partial charge on any atom is 0.123 e. The zero-order chi connectivity index (χ0) is 12.0. The van der Waals surface area contributed by atoms with Crippen LogP contribution >= 0.6 is 0 Å². The average Bonchev–Trinajstić information content (AvgIpc) is 2.28. The second-order valence-electron chi connectivity index (χ2n) is 6.35. The van der Waals surface area contributed by atoms with E-state index >= 15 is 0 Å². The van der Waals surface area contributed by atoms with E-state index in [1.807, 2.05) is 0 Å². The topological polar surface area (TPSA) is 9.23 Å². The Labute approximate surface area is 104 Å². The summed E-state index contributed by atoms with van der Waals surface area (Å²) in [5.41, 5.74) is 1.54. The molecule has 1 nitrogen and oxygen atoms in total. The fraction of sp³-hybridized carbons (Fsp3) is 0.625. The second kappa shape index (κ2) is 3.76. The fourth-order valence-corrected chi connectivity index (χ4v) is 3.77. The van der Waals surface area contributed by atoms with Gasteiger partial charge in [-0.3, -0.25) is 0 Å². The molecule has 1 aromatic rings. The molecule has 2 bridgehead atoms. The average molecular weight is 230 g/mol. The highest BCUT2D eigenvalue weighted by Crippen LogP contribution is 2.52. The molecule has 0 unspecified atom stereocenters. The molecular formula is C16H22O. The van der Waals surface area contributed by atoms with E-state index in [0.717, 1.165) is 17.6 Å². The smallest absolute Gasteiger partial charge is 0.123 e. The third-order valence-electron chi connectivity index (χ3n) is 4.71. The molecule has 1 aliphatic carbocycles. The molecule has 2 aliphatic rings. The van der Waals surface area contributed by atoms with Gasteiger partial charge < -0.3 is 4.74 Å². The van der Waals surface area contributed by atoms with E-state index < -0.39 is 0 Å². The third kappa shape index (κ3) is 1.76. The summed E-state index contributed by atoms with van der Waals surface area (Å²) in [5, 5.41) is 0. The van der Waals surface area contributed by atoms with Crippen LogP contribution in [0.15, 0.2) is 24.3 Å². The summed E-state index contributed by atoms with van der Waals surface area (Å²) < 4.78 is 6.22. The maximum atomic E-state index is 6.22. The summed E-state index contributed by atoms with van der Waals surface area (Å²) in [6, 6.07) is 8.65. The highest BCUT2D eigenvalue weighted by atomic mass is 16.5. The minimum Gasteiger partial charge on any atom is -0.487 e. The Morgan fingerprint density at radius 3 is 2.82 bits per heavy atom.